The number of fused-ring (bicyclic) bond motifs is 1. The Morgan fingerprint density at radius 1 is 1.00 bits per heavy atom. The minimum Gasteiger partial charge on any atom is -0.481 e. The van der Waals surface area contributed by atoms with Crippen molar-refractivity contribution in [1.29, 1.82) is 0 Å². The number of nitrogens with one attached hydrogen (secondary N) is 1. The number of amides is 1. The third-order valence-electron chi connectivity index (χ3n) is 4.47. The highest BCUT2D eigenvalue weighted by Crippen LogP contribution is 2.21. The van der Waals surface area contributed by atoms with Gasteiger partial charge in [0.2, 0.25) is 0 Å². The Kier molecular flexibility index (Phi) is 5.90. The molecule has 0 radical (unpaired) electrons. The van der Waals surface area contributed by atoms with Crippen LogP contribution in [0.15, 0.2) is 66.7 Å². The van der Waals surface area contributed by atoms with Gasteiger partial charge in [0.15, 0.2) is 6.10 Å². The fourth-order valence-electron chi connectivity index (χ4n) is 2.90. The van der Waals surface area contributed by atoms with E-state index < -0.39 is 6.10 Å². The molecule has 0 fully saturated rings. The van der Waals surface area contributed by atoms with Crippen LogP contribution < -0.4 is 10.1 Å². The molecule has 1 N–H and O–H groups in total. The topological polar surface area (TPSA) is 38.3 Å². The first-order valence-electron chi connectivity index (χ1n) is 9.10. The summed E-state index contributed by atoms with van der Waals surface area (Å²) < 4.78 is 5.80. The Morgan fingerprint density at radius 3 is 2.50 bits per heavy atom. The largest absolute Gasteiger partial charge is 0.481 e. The van der Waals surface area contributed by atoms with Crippen LogP contribution in [-0.4, -0.2) is 18.6 Å². The number of hydrogen-bond donors (Lipinski definition) is 1. The fourth-order valence-corrected chi connectivity index (χ4v) is 2.90. The summed E-state index contributed by atoms with van der Waals surface area (Å²) in [6.07, 6.45) is 1.35. The van der Waals surface area contributed by atoms with Gasteiger partial charge in [-0.1, -0.05) is 60.2 Å². The van der Waals surface area contributed by atoms with Gasteiger partial charge in [0.25, 0.3) is 5.91 Å². The number of carbonyl (C=O) groups excluding carboxylic acids is 1. The van der Waals surface area contributed by atoms with E-state index in [1.165, 1.54) is 11.1 Å². The van der Waals surface area contributed by atoms with Gasteiger partial charge in [0.05, 0.1) is 0 Å². The molecule has 1 amide bonds. The Balaban J connectivity index is 1.45. The summed E-state index contributed by atoms with van der Waals surface area (Å²) in [6, 6.07) is 22.5. The lowest BCUT2D eigenvalue weighted by Gasteiger charge is -2.15. The van der Waals surface area contributed by atoms with Crippen LogP contribution in [0, 0.1) is 6.92 Å². The van der Waals surface area contributed by atoms with Gasteiger partial charge in [-0.2, -0.15) is 0 Å². The van der Waals surface area contributed by atoms with Crippen molar-refractivity contribution >= 4 is 16.7 Å². The molecule has 134 valence electrons. The molecule has 0 aliphatic heterocycles. The number of ether oxygens (including phenoxy) is 1. The Bertz CT molecular complexity index is 871. The molecule has 1 atom stereocenters. The first-order valence-corrected chi connectivity index (χ1v) is 9.10. The van der Waals surface area contributed by atoms with E-state index in [2.05, 4.69) is 42.6 Å². The van der Waals surface area contributed by atoms with Crippen molar-refractivity contribution in [2.75, 3.05) is 6.54 Å². The average molecular weight is 347 g/mol. The number of benzene rings is 3. The molecule has 0 heterocycles. The summed E-state index contributed by atoms with van der Waals surface area (Å²) >= 11 is 0. The third kappa shape index (κ3) is 4.85. The minimum atomic E-state index is -0.518. The Labute approximate surface area is 155 Å². The average Bonchev–Trinajstić information content (AvgIpc) is 2.66. The molecular weight excluding hydrogens is 322 g/mol. The zero-order valence-electron chi connectivity index (χ0n) is 15.4. The lowest BCUT2D eigenvalue weighted by Crippen LogP contribution is -2.36. The molecule has 0 aliphatic rings. The van der Waals surface area contributed by atoms with Crippen molar-refractivity contribution in [1.82, 2.24) is 5.32 Å². The van der Waals surface area contributed by atoms with Crippen molar-refractivity contribution in [3.63, 3.8) is 0 Å². The predicted octanol–water partition coefficient (Wildman–Crippen LogP) is 4.66. The predicted molar refractivity (Wildman–Crippen MR) is 107 cm³/mol. The van der Waals surface area contributed by atoms with Gasteiger partial charge in [-0.3, -0.25) is 4.79 Å². The van der Waals surface area contributed by atoms with Gasteiger partial charge in [0, 0.05) is 6.54 Å². The summed E-state index contributed by atoms with van der Waals surface area (Å²) in [5.74, 6) is 0.632. The van der Waals surface area contributed by atoms with Crippen LogP contribution in [0.1, 0.15) is 24.5 Å². The first kappa shape index (κ1) is 18.0. The molecule has 3 aromatic rings. The molecule has 0 aliphatic carbocycles. The summed E-state index contributed by atoms with van der Waals surface area (Å²) in [5, 5.41) is 5.22. The molecule has 0 aromatic heterocycles. The van der Waals surface area contributed by atoms with Crippen molar-refractivity contribution in [3.8, 4) is 5.75 Å². The van der Waals surface area contributed by atoms with E-state index in [0.29, 0.717) is 12.3 Å². The van der Waals surface area contributed by atoms with Crippen LogP contribution in [0.2, 0.25) is 0 Å². The van der Waals surface area contributed by atoms with Crippen molar-refractivity contribution in [2.24, 2.45) is 0 Å². The van der Waals surface area contributed by atoms with Crippen LogP contribution in [-0.2, 0) is 11.2 Å². The van der Waals surface area contributed by atoms with Gasteiger partial charge in [-0.25, -0.2) is 0 Å². The second kappa shape index (κ2) is 8.52. The summed E-state index contributed by atoms with van der Waals surface area (Å²) in [6.45, 7) is 4.52. The lowest BCUT2D eigenvalue weighted by molar-refractivity contribution is -0.127. The van der Waals surface area contributed by atoms with Crippen molar-refractivity contribution in [3.05, 3.63) is 77.9 Å². The fraction of sp³-hybridized carbons (Fsp3) is 0.261. The number of rotatable bonds is 7. The smallest absolute Gasteiger partial charge is 0.260 e. The molecule has 3 nitrogen and oxygen atoms in total. The Hall–Kier alpha value is -2.81. The highest BCUT2D eigenvalue weighted by atomic mass is 16.5. The van der Waals surface area contributed by atoms with Crippen LogP contribution in [0.3, 0.4) is 0 Å². The maximum atomic E-state index is 12.2. The highest BCUT2D eigenvalue weighted by Gasteiger charge is 2.14. The zero-order valence-corrected chi connectivity index (χ0v) is 15.4. The minimum absolute atomic E-state index is 0.0814. The molecule has 0 bridgehead atoms. The monoisotopic (exact) mass is 347 g/mol. The van der Waals surface area contributed by atoms with E-state index in [0.717, 1.165) is 23.6 Å². The second-order valence-electron chi connectivity index (χ2n) is 6.65. The molecule has 0 saturated carbocycles. The van der Waals surface area contributed by atoms with Crippen molar-refractivity contribution in [2.45, 2.75) is 32.8 Å². The van der Waals surface area contributed by atoms with E-state index in [1.807, 2.05) is 36.4 Å². The van der Waals surface area contributed by atoms with Crippen LogP contribution in [0.5, 0.6) is 5.75 Å². The van der Waals surface area contributed by atoms with Crippen LogP contribution >= 0.6 is 0 Å². The lowest BCUT2D eigenvalue weighted by atomic mass is 10.1. The summed E-state index contributed by atoms with van der Waals surface area (Å²) in [5.41, 5.74) is 2.56. The van der Waals surface area contributed by atoms with Crippen LogP contribution in [0.4, 0.5) is 0 Å². The summed E-state index contributed by atoms with van der Waals surface area (Å²) in [4.78, 5) is 12.2. The second-order valence-corrected chi connectivity index (χ2v) is 6.65. The molecular formula is C23H25NO2. The van der Waals surface area contributed by atoms with E-state index >= 15 is 0 Å². The number of carbonyl (C=O) groups is 1. The molecule has 0 spiro atoms. The molecule has 3 aromatic carbocycles. The van der Waals surface area contributed by atoms with Gasteiger partial charge in [-0.05, 0) is 55.2 Å². The molecule has 26 heavy (non-hydrogen) atoms. The maximum absolute atomic E-state index is 12.2. The van der Waals surface area contributed by atoms with Crippen LogP contribution in [0.25, 0.3) is 10.8 Å². The molecule has 3 heteroatoms. The van der Waals surface area contributed by atoms with E-state index in [4.69, 9.17) is 4.74 Å². The summed E-state index contributed by atoms with van der Waals surface area (Å²) in [7, 11) is 0. The number of hydrogen-bond acceptors (Lipinski definition) is 2. The highest BCUT2D eigenvalue weighted by molar-refractivity contribution is 5.84. The molecule has 3 rings (SSSR count). The SMILES string of the molecule is Cc1ccc(CCCNC(=O)[C@@H](C)Oc2ccc3ccccc3c2)cc1. The van der Waals surface area contributed by atoms with E-state index in [1.54, 1.807) is 6.92 Å². The van der Waals surface area contributed by atoms with E-state index in [-0.39, 0.29) is 5.91 Å². The maximum Gasteiger partial charge on any atom is 0.260 e. The molecule has 0 unspecified atom stereocenters. The zero-order chi connectivity index (χ0) is 18.4. The van der Waals surface area contributed by atoms with Crippen molar-refractivity contribution < 1.29 is 9.53 Å². The number of aryl methyl sites for hydroxylation is 2. The molecule has 0 saturated heterocycles. The third-order valence-corrected chi connectivity index (χ3v) is 4.47. The van der Waals surface area contributed by atoms with E-state index in [9.17, 15) is 4.79 Å². The first-order chi connectivity index (χ1) is 12.6. The van der Waals surface area contributed by atoms with Gasteiger partial charge >= 0.3 is 0 Å². The quantitative estimate of drug-likeness (QED) is 0.631. The normalized spacial score (nSPS) is 11.9. The Morgan fingerprint density at radius 2 is 1.73 bits per heavy atom. The van der Waals surface area contributed by atoms with Gasteiger partial charge < -0.3 is 10.1 Å². The van der Waals surface area contributed by atoms with Gasteiger partial charge in [0.1, 0.15) is 5.75 Å². The van der Waals surface area contributed by atoms with Gasteiger partial charge in [-0.15, -0.1) is 0 Å². The standard InChI is InChI=1S/C23H25NO2/c1-17-9-11-19(12-10-17)6-5-15-24-23(25)18(2)26-22-14-13-20-7-3-4-8-21(20)16-22/h3-4,7-14,16,18H,5-6,15H2,1-2H3,(H,24,25)/t18-/m1/s1.